The van der Waals surface area contributed by atoms with E-state index in [0.29, 0.717) is 16.9 Å². The Hall–Kier alpha value is -1.81. The molecule has 1 aromatic carbocycles. The van der Waals surface area contributed by atoms with Crippen molar-refractivity contribution in [3.8, 4) is 5.75 Å². The normalized spacial score (nSPS) is 19.7. The number of carboxylic acids is 1. The van der Waals surface area contributed by atoms with Crippen LogP contribution in [0.3, 0.4) is 0 Å². The molecule has 0 aromatic heterocycles. The Morgan fingerprint density at radius 1 is 1.44 bits per heavy atom. The first kappa shape index (κ1) is 12.6. The van der Waals surface area contributed by atoms with Crippen molar-refractivity contribution >= 4 is 11.5 Å². The zero-order valence-electron chi connectivity index (χ0n) is 10.6. The quantitative estimate of drug-likeness (QED) is 0.860. The summed E-state index contributed by atoms with van der Waals surface area (Å²) in [4.78, 5) is 11.2. The number of hydrogen-bond donors (Lipinski definition) is 2. The Kier molecular flexibility index (Phi) is 3.13. The molecular weight excluding hydrogens is 232 g/mol. The maximum atomic E-state index is 11.2. The fraction of sp³-hybridized carbons (Fsp3) is 0.357. The Bertz CT molecular complexity index is 531. The second kappa shape index (κ2) is 4.46. The molecule has 0 fully saturated rings. The molecule has 0 aliphatic heterocycles. The van der Waals surface area contributed by atoms with Gasteiger partial charge in [-0.2, -0.15) is 0 Å². The number of aliphatic hydroxyl groups excluding tert-OH is 1. The maximum absolute atomic E-state index is 11.2. The third-order valence-electron chi connectivity index (χ3n) is 3.48. The fourth-order valence-corrected chi connectivity index (χ4v) is 2.49. The lowest BCUT2D eigenvalue weighted by Crippen LogP contribution is -2.12. The molecule has 1 aromatic rings. The minimum atomic E-state index is -0.907. The molecule has 0 saturated carbocycles. The van der Waals surface area contributed by atoms with Gasteiger partial charge in [-0.15, -0.1) is 0 Å². The number of methoxy groups -OCH3 is 1. The third kappa shape index (κ3) is 1.69. The van der Waals surface area contributed by atoms with Gasteiger partial charge >= 0.3 is 5.97 Å². The van der Waals surface area contributed by atoms with Crippen LogP contribution in [-0.4, -0.2) is 23.3 Å². The molecule has 2 rings (SSSR count). The van der Waals surface area contributed by atoms with Crippen LogP contribution in [0.2, 0.25) is 0 Å². The van der Waals surface area contributed by atoms with Crippen molar-refractivity contribution in [3.63, 3.8) is 0 Å². The molecule has 18 heavy (non-hydrogen) atoms. The molecule has 0 bridgehead atoms. The van der Waals surface area contributed by atoms with Crippen molar-refractivity contribution in [1.29, 1.82) is 0 Å². The van der Waals surface area contributed by atoms with Gasteiger partial charge < -0.3 is 14.9 Å². The molecule has 96 valence electrons. The topological polar surface area (TPSA) is 66.8 Å². The van der Waals surface area contributed by atoms with Gasteiger partial charge in [0, 0.05) is 5.56 Å². The van der Waals surface area contributed by atoms with E-state index < -0.39 is 18.0 Å². The van der Waals surface area contributed by atoms with Crippen molar-refractivity contribution in [2.75, 3.05) is 7.11 Å². The summed E-state index contributed by atoms with van der Waals surface area (Å²) in [7, 11) is 1.54. The van der Waals surface area contributed by atoms with E-state index in [1.165, 1.54) is 0 Å². The number of fused-ring (bicyclic) bond motifs is 1. The van der Waals surface area contributed by atoms with Crippen LogP contribution in [0.5, 0.6) is 5.75 Å². The summed E-state index contributed by atoms with van der Waals surface area (Å²) in [5, 5.41) is 19.3. The standard InChI is InChI=1S/C14H16O4/c1-7-11(8(2)14(16)17)12-9(13(7)15)5-4-6-10(12)18-3/h4-6,8,13,15H,1-3H3,(H,16,17). The van der Waals surface area contributed by atoms with Crippen molar-refractivity contribution in [2.45, 2.75) is 20.0 Å². The fourth-order valence-electron chi connectivity index (χ4n) is 2.49. The molecular formula is C14H16O4. The number of rotatable bonds is 3. The lowest BCUT2D eigenvalue weighted by Gasteiger charge is -2.14. The molecule has 0 heterocycles. The highest BCUT2D eigenvalue weighted by Crippen LogP contribution is 2.47. The van der Waals surface area contributed by atoms with Crippen LogP contribution >= 0.6 is 0 Å². The number of ether oxygens (including phenoxy) is 1. The largest absolute Gasteiger partial charge is 0.496 e. The summed E-state index contributed by atoms with van der Waals surface area (Å²) < 4.78 is 5.28. The molecule has 2 unspecified atom stereocenters. The van der Waals surface area contributed by atoms with Crippen molar-refractivity contribution in [1.82, 2.24) is 0 Å². The van der Waals surface area contributed by atoms with Crippen LogP contribution in [-0.2, 0) is 4.79 Å². The molecule has 4 nitrogen and oxygen atoms in total. The highest BCUT2D eigenvalue weighted by atomic mass is 16.5. The number of carbonyl (C=O) groups is 1. The Labute approximate surface area is 106 Å². The predicted octanol–water partition coefficient (Wildman–Crippen LogP) is 2.24. The van der Waals surface area contributed by atoms with Crippen LogP contribution in [0.15, 0.2) is 23.8 Å². The minimum absolute atomic E-state index is 0.603. The van der Waals surface area contributed by atoms with Gasteiger partial charge in [0.1, 0.15) is 11.9 Å². The van der Waals surface area contributed by atoms with E-state index in [2.05, 4.69) is 0 Å². The van der Waals surface area contributed by atoms with Gasteiger partial charge in [-0.05, 0) is 36.6 Å². The summed E-state index contributed by atoms with van der Waals surface area (Å²) in [6.07, 6.45) is -0.744. The van der Waals surface area contributed by atoms with Crippen LogP contribution < -0.4 is 4.74 Å². The predicted molar refractivity (Wildman–Crippen MR) is 67.3 cm³/mol. The molecule has 2 N–H and O–H groups in total. The van der Waals surface area contributed by atoms with Gasteiger partial charge in [-0.1, -0.05) is 12.1 Å². The smallest absolute Gasteiger partial charge is 0.310 e. The van der Waals surface area contributed by atoms with Gasteiger partial charge in [-0.3, -0.25) is 4.79 Å². The SMILES string of the molecule is COc1cccc2c1C(C(C)C(=O)O)=C(C)C2O. The first-order valence-electron chi connectivity index (χ1n) is 5.77. The maximum Gasteiger partial charge on any atom is 0.310 e. The second-order valence-electron chi connectivity index (χ2n) is 4.48. The number of hydrogen-bond acceptors (Lipinski definition) is 3. The molecule has 1 aliphatic rings. The molecule has 0 saturated heterocycles. The van der Waals surface area contributed by atoms with Gasteiger partial charge in [0.15, 0.2) is 0 Å². The van der Waals surface area contributed by atoms with E-state index in [9.17, 15) is 15.0 Å². The average molecular weight is 248 g/mol. The molecule has 0 spiro atoms. The first-order valence-corrected chi connectivity index (χ1v) is 5.77. The van der Waals surface area contributed by atoms with E-state index in [1.54, 1.807) is 39.2 Å². The highest BCUT2D eigenvalue weighted by molar-refractivity contribution is 5.93. The summed E-state index contributed by atoms with van der Waals surface area (Å²) in [5.41, 5.74) is 2.78. The zero-order chi connectivity index (χ0) is 13.4. The van der Waals surface area contributed by atoms with Gasteiger partial charge in [0.2, 0.25) is 0 Å². The Balaban J connectivity index is 2.66. The minimum Gasteiger partial charge on any atom is -0.496 e. The molecule has 0 amide bonds. The molecule has 2 atom stereocenters. The van der Waals surface area contributed by atoms with E-state index in [1.807, 2.05) is 0 Å². The summed E-state index contributed by atoms with van der Waals surface area (Å²) >= 11 is 0. The number of carboxylic acid groups (broad SMARTS) is 1. The Morgan fingerprint density at radius 2 is 2.11 bits per heavy atom. The lowest BCUT2D eigenvalue weighted by molar-refractivity contribution is -0.139. The van der Waals surface area contributed by atoms with Crippen LogP contribution in [0.1, 0.15) is 31.1 Å². The van der Waals surface area contributed by atoms with E-state index in [0.717, 1.165) is 11.1 Å². The molecule has 4 heteroatoms. The first-order chi connectivity index (χ1) is 8.49. The number of aliphatic carboxylic acids is 1. The van der Waals surface area contributed by atoms with Crippen molar-refractivity contribution in [2.24, 2.45) is 5.92 Å². The van der Waals surface area contributed by atoms with Crippen molar-refractivity contribution < 1.29 is 19.7 Å². The summed E-state index contributed by atoms with van der Waals surface area (Å²) in [6.45, 7) is 3.38. The van der Waals surface area contributed by atoms with Gasteiger partial charge in [0.25, 0.3) is 0 Å². The van der Waals surface area contributed by atoms with Crippen molar-refractivity contribution in [3.05, 3.63) is 34.9 Å². The van der Waals surface area contributed by atoms with Crippen LogP contribution in [0.25, 0.3) is 5.57 Å². The Morgan fingerprint density at radius 3 is 2.67 bits per heavy atom. The zero-order valence-corrected chi connectivity index (χ0v) is 10.6. The van der Waals surface area contributed by atoms with Gasteiger partial charge in [0.05, 0.1) is 13.0 Å². The number of aliphatic hydroxyl groups is 1. The van der Waals surface area contributed by atoms with E-state index in [-0.39, 0.29) is 0 Å². The molecule has 0 radical (unpaired) electrons. The number of benzene rings is 1. The third-order valence-corrected chi connectivity index (χ3v) is 3.48. The monoisotopic (exact) mass is 248 g/mol. The summed E-state index contributed by atoms with van der Waals surface area (Å²) in [5.74, 6) is -0.973. The molecule has 1 aliphatic carbocycles. The second-order valence-corrected chi connectivity index (χ2v) is 4.48. The van der Waals surface area contributed by atoms with E-state index in [4.69, 9.17) is 4.74 Å². The van der Waals surface area contributed by atoms with Crippen LogP contribution in [0, 0.1) is 5.92 Å². The highest BCUT2D eigenvalue weighted by Gasteiger charge is 2.34. The van der Waals surface area contributed by atoms with Gasteiger partial charge in [-0.25, -0.2) is 0 Å². The van der Waals surface area contributed by atoms with E-state index >= 15 is 0 Å². The average Bonchev–Trinajstić information content (AvgIpc) is 2.61. The van der Waals surface area contributed by atoms with Crippen LogP contribution in [0.4, 0.5) is 0 Å². The lowest BCUT2D eigenvalue weighted by atomic mass is 9.93. The summed E-state index contributed by atoms with van der Waals surface area (Å²) in [6, 6.07) is 5.37.